The van der Waals surface area contributed by atoms with Gasteiger partial charge in [-0.05, 0) is 72.7 Å². The highest BCUT2D eigenvalue weighted by Gasteiger charge is 2.26. The molecule has 2 amide bonds. The second-order valence-electron chi connectivity index (χ2n) is 8.47. The molecule has 166 valence electrons. The van der Waals surface area contributed by atoms with Gasteiger partial charge in [-0.15, -0.1) is 0 Å². The Morgan fingerprint density at radius 2 is 1.91 bits per heavy atom. The van der Waals surface area contributed by atoms with Gasteiger partial charge in [-0.25, -0.2) is 0 Å². The van der Waals surface area contributed by atoms with E-state index in [1.807, 2.05) is 29.2 Å². The van der Waals surface area contributed by atoms with Crippen LogP contribution in [-0.4, -0.2) is 48.5 Å². The zero-order valence-electron chi connectivity index (χ0n) is 18.1. The molecule has 2 N–H and O–H groups in total. The highest BCUT2D eigenvalue weighted by Crippen LogP contribution is 2.35. The van der Waals surface area contributed by atoms with Gasteiger partial charge in [0.2, 0.25) is 5.91 Å². The first kappa shape index (κ1) is 20.4. The Labute approximate surface area is 186 Å². The van der Waals surface area contributed by atoms with Crippen molar-refractivity contribution >= 4 is 28.4 Å². The molecule has 0 aliphatic carbocycles. The molecule has 1 fully saturated rings. The number of piperidine rings is 1. The van der Waals surface area contributed by atoms with Gasteiger partial charge >= 0.3 is 0 Å². The standard InChI is InChI=1S/C25H27N3O4/c1-31-18-3-6-23-20(13-18)21(14-26-23)16-8-10-28(11-9-16)25(30)15-32-19-4-5-22-17(12-19)2-7-24(29)27-22/h3-6,12-14,16,26H,2,7-11,15H2,1H3,(H,27,29). The number of aromatic amines is 1. The number of rotatable bonds is 5. The molecule has 2 aliphatic rings. The van der Waals surface area contributed by atoms with Gasteiger partial charge in [0.25, 0.3) is 5.91 Å². The van der Waals surface area contributed by atoms with Crippen LogP contribution in [0, 0.1) is 0 Å². The van der Waals surface area contributed by atoms with Gasteiger partial charge in [0.1, 0.15) is 11.5 Å². The van der Waals surface area contributed by atoms with Crippen molar-refractivity contribution in [1.29, 1.82) is 0 Å². The molecule has 2 aliphatic heterocycles. The fourth-order valence-corrected chi connectivity index (χ4v) is 4.71. The Hall–Kier alpha value is -3.48. The van der Waals surface area contributed by atoms with Gasteiger partial charge in [-0.3, -0.25) is 9.59 Å². The first-order valence-corrected chi connectivity index (χ1v) is 11.1. The Kier molecular flexibility index (Phi) is 5.47. The molecular formula is C25H27N3O4. The number of nitrogens with one attached hydrogen (secondary N) is 2. The number of fused-ring (bicyclic) bond motifs is 2. The number of aryl methyl sites for hydroxylation is 1. The minimum atomic E-state index is 0.00932. The zero-order valence-corrected chi connectivity index (χ0v) is 18.1. The molecule has 1 aromatic heterocycles. The lowest BCUT2D eigenvalue weighted by atomic mass is 9.89. The van der Waals surface area contributed by atoms with Crippen LogP contribution in [-0.2, 0) is 16.0 Å². The zero-order chi connectivity index (χ0) is 22.1. The number of carbonyl (C=O) groups excluding carboxylic acids is 2. The molecule has 3 aromatic rings. The molecule has 7 heteroatoms. The van der Waals surface area contributed by atoms with E-state index >= 15 is 0 Å². The quantitative estimate of drug-likeness (QED) is 0.640. The summed E-state index contributed by atoms with van der Waals surface area (Å²) < 4.78 is 11.2. The van der Waals surface area contributed by atoms with E-state index in [0.29, 0.717) is 24.5 Å². The minimum Gasteiger partial charge on any atom is -0.497 e. The lowest BCUT2D eigenvalue weighted by Gasteiger charge is -2.32. The first-order chi connectivity index (χ1) is 15.6. The highest BCUT2D eigenvalue weighted by atomic mass is 16.5. The molecule has 0 unspecified atom stereocenters. The van der Waals surface area contributed by atoms with E-state index in [2.05, 4.69) is 22.6 Å². The van der Waals surface area contributed by atoms with Crippen molar-refractivity contribution in [1.82, 2.24) is 9.88 Å². The van der Waals surface area contributed by atoms with E-state index in [0.717, 1.165) is 48.4 Å². The van der Waals surface area contributed by atoms with Crippen LogP contribution in [0.3, 0.4) is 0 Å². The lowest BCUT2D eigenvalue weighted by molar-refractivity contribution is -0.134. The number of amides is 2. The number of aromatic nitrogens is 1. The van der Waals surface area contributed by atoms with Crippen molar-refractivity contribution in [2.75, 3.05) is 32.1 Å². The Morgan fingerprint density at radius 3 is 2.72 bits per heavy atom. The first-order valence-electron chi connectivity index (χ1n) is 11.1. The number of anilines is 1. The third kappa shape index (κ3) is 4.02. The molecule has 0 bridgehead atoms. The van der Waals surface area contributed by atoms with Crippen LogP contribution < -0.4 is 14.8 Å². The maximum Gasteiger partial charge on any atom is 0.260 e. The smallest absolute Gasteiger partial charge is 0.260 e. The summed E-state index contributed by atoms with van der Waals surface area (Å²) >= 11 is 0. The van der Waals surface area contributed by atoms with E-state index in [-0.39, 0.29) is 18.4 Å². The van der Waals surface area contributed by atoms with Crippen LogP contribution in [0.15, 0.2) is 42.6 Å². The van der Waals surface area contributed by atoms with Gasteiger partial charge in [-0.2, -0.15) is 0 Å². The average Bonchev–Trinajstić information content (AvgIpc) is 3.25. The van der Waals surface area contributed by atoms with E-state index in [9.17, 15) is 9.59 Å². The van der Waals surface area contributed by atoms with E-state index in [1.165, 1.54) is 10.9 Å². The normalized spacial score (nSPS) is 16.5. The molecule has 3 heterocycles. The van der Waals surface area contributed by atoms with E-state index in [1.54, 1.807) is 13.2 Å². The molecule has 0 spiro atoms. The van der Waals surface area contributed by atoms with Crippen LogP contribution in [0.5, 0.6) is 11.5 Å². The summed E-state index contributed by atoms with van der Waals surface area (Å²) in [5, 5.41) is 4.05. The van der Waals surface area contributed by atoms with Crippen LogP contribution in [0.2, 0.25) is 0 Å². The number of carbonyl (C=O) groups is 2. The van der Waals surface area contributed by atoms with Crippen molar-refractivity contribution in [2.24, 2.45) is 0 Å². The monoisotopic (exact) mass is 433 g/mol. The second kappa shape index (κ2) is 8.57. The molecule has 32 heavy (non-hydrogen) atoms. The summed E-state index contributed by atoms with van der Waals surface area (Å²) in [5.74, 6) is 1.98. The number of hydrogen-bond acceptors (Lipinski definition) is 4. The van der Waals surface area contributed by atoms with Crippen molar-refractivity contribution in [3.8, 4) is 11.5 Å². The number of hydrogen-bond donors (Lipinski definition) is 2. The summed E-state index contributed by atoms with van der Waals surface area (Å²) in [7, 11) is 1.68. The summed E-state index contributed by atoms with van der Waals surface area (Å²) in [5.41, 5.74) is 4.28. The Morgan fingerprint density at radius 1 is 1.09 bits per heavy atom. The lowest BCUT2D eigenvalue weighted by Crippen LogP contribution is -2.40. The van der Waals surface area contributed by atoms with Crippen LogP contribution in [0.4, 0.5) is 5.69 Å². The van der Waals surface area contributed by atoms with Crippen molar-refractivity contribution in [3.05, 3.63) is 53.7 Å². The number of nitrogens with zero attached hydrogens (tertiary/aromatic N) is 1. The molecular weight excluding hydrogens is 406 g/mol. The maximum absolute atomic E-state index is 12.7. The largest absolute Gasteiger partial charge is 0.497 e. The summed E-state index contributed by atoms with van der Waals surface area (Å²) in [6.45, 7) is 1.47. The number of benzene rings is 2. The molecule has 0 saturated carbocycles. The predicted molar refractivity (Wildman–Crippen MR) is 122 cm³/mol. The van der Waals surface area contributed by atoms with E-state index < -0.39 is 0 Å². The molecule has 5 rings (SSSR count). The molecule has 1 saturated heterocycles. The SMILES string of the molecule is COc1ccc2[nH]cc(C3CCN(C(=O)COc4ccc5c(c4)CCC(=O)N5)CC3)c2c1. The molecule has 0 atom stereocenters. The van der Waals surface area contributed by atoms with Crippen LogP contribution in [0.25, 0.3) is 10.9 Å². The second-order valence-corrected chi connectivity index (χ2v) is 8.47. The molecule has 0 radical (unpaired) electrons. The number of ether oxygens (including phenoxy) is 2. The van der Waals surface area contributed by atoms with Gasteiger partial charge in [-0.1, -0.05) is 0 Å². The van der Waals surface area contributed by atoms with Gasteiger partial charge in [0.05, 0.1) is 7.11 Å². The fraction of sp³-hybridized carbons (Fsp3) is 0.360. The average molecular weight is 434 g/mol. The van der Waals surface area contributed by atoms with Crippen molar-refractivity contribution in [2.45, 2.75) is 31.6 Å². The van der Waals surface area contributed by atoms with E-state index in [4.69, 9.17) is 9.47 Å². The topological polar surface area (TPSA) is 83.7 Å². The summed E-state index contributed by atoms with van der Waals surface area (Å²) in [4.78, 5) is 29.5. The highest BCUT2D eigenvalue weighted by molar-refractivity contribution is 5.94. The summed E-state index contributed by atoms with van der Waals surface area (Å²) in [6, 6.07) is 11.6. The summed E-state index contributed by atoms with van der Waals surface area (Å²) in [6.07, 6.45) is 5.11. The van der Waals surface area contributed by atoms with Crippen LogP contribution >= 0.6 is 0 Å². The Bertz CT molecular complexity index is 1160. The number of likely N-dealkylation sites (tertiary alicyclic amines) is 1. The molecule has 7 nitrogen and oxygen atoms in total. The van der Waals surface area contributed by atoms with Gasteiger partial charge in [0.15, 0.2) is 6.61 Å². The van der Waals surface area contributed by atoms with Gasteiger partial charge < -0.3 is 24.7 Å². The third-order valence-electron chi connectivity index (χ3n) is 6.54. The van der Waals surface area contributed by atoms with Gasteiger partial charge in [0, 0.05) is 42.3 Å². The predicted octanol–water partition coefficient (Wildman–Crippen LogP) is 3.85. The fourth-order valence-electron chi connectivity index (χ4n) is 4.71. The Balaban J connectivity index is 1.17. The van der Waals surface area contributed by atoms with Crippen molar-refractivity contribution in [3.63, 3.8) is 0 Å². The third-order valence-corrected chi connectivity index (χ3v) is 6.54. The maximum atomic E-state index is 12.7. The minimum absolute atomic E-state index is 0.00932. The number of methoxy groups -OCH3 is 1. The van der Waals surface area contributed by atoms with Crippen LogP contribution in [0.1, 0.15) is 36.3 Å². The number of H-pyrrole nitrogens is 1. The van der Waals surface area contributed by atoms with Crippen molar-refractivity contribution < 1.29 is 19.1 Å². The molecule has 2 aromatic carbocycles.